The van der Waals surface area contributed by atoms with Gasteiger partial charge in [-0.25, -0.2) is 18.1 Å². The number of hydrogen-bond acceptors (Lipinski definition) is 7. The van der Waals surface area contributed by atoms with E-state index < -0.39 is 20.6 Å². The number of thiophene rings is 1. The predicted octanol–water partition coefficient (Wildman–Crippen LogP) is 2.24. The highest BCUT2D eigenvalue weighted by Crippen LogP contribution is 2.36. The van der Waals surface area contributed by atoms with Gasteiger partial charge in [-0.3, -0.25) is 10.1 Å². The van der Waals surface area contributed by atoms with Crippen LogP contribution in [0.1, 0.15) is 5.69 Å². The van der Waals surface area contributed by atoms with E-state index in [0.29, 0.717) is 17.0 Å². The minimum absolute atomic E-state index is 0.0230. The van der Waals surface area contributed by atoms with Crippen LogP contribution in [0.2, 0.25) is 4.34 Å². The van der Waals surface area contributed by atoms with Crippen molar-refractivity contribution in [3.63, 3.8) is 0 Å². The summed E-state index contributed by atoms with van der Waals surface area (Å²) in [7, 11) is -3.83. The molecular formula is C8H6ClN3O4S3. The van der Waals surface area contributed by atoms with Gasteiger partial charge in [-0.05, 0) is 0 Å². The molecule has 2 heterocycles. The molecule has 0 atom stereocenters. The Morgan fingerprint density at radius 3 is 2.79 bits per heavy atom. The molecule has 0 aliphatic heterocycles. The van der Waals surface area contributed by atoms with E-state index in [1.165, 1.54) is 11.3 Å². The first-order chi connectivity index (χ1) is 8.90. The molecule has 0 aromatic carbocycles. The highest BCUT2D eigenvalue weighted by molar-refractivity contribution is 7.91. The summed E-state index contributed by atoms with van der Waals surface area (Å²) in [5.74, 6) is 0. The number of hydrogen-bond donors (Lipinski definition) is 1. The van der Waals surface area contributed by atoms with Crippen molar-refractivity contribution in [1.82, 2.24) is 9.71 Å². The van der Waals surface area contributed by atoms with Crippen molar-refractivity contribution in [2.75, 3.05) is 0 Å². The average Bonchev–Trinajstić information content (AvgIpc) is 2.95. The molecule has 0 radical (unpaired) electrons. The van der Waals surface area contributed by atoms with Gasteiger partial charge in [0.05, 0.1) is 22.7 Å². The Morgan fingerprint density at radius 1 is 1.53 bits per heavy atom. The Labute approximate surface area is 121 Å². The molecule has 2 rings (SSSR count). The van der Waals surface area contributed by atoms with Crippen molar-refractivity contribution in [1.29, 1.82) is 0 Å². The van der Waals surface area contributed by atoms with Crippen molar-refractivity contribution in [2.24, 2.45) is 0 Å². The summed E-state index contributed by atoms with van der Waals surface area (Å²) >= 11 is 7.60. The molecule has 0 spiro atoms. The summed E-state index contributed by atoms with van der Waals surface area (Å²) in [5, 5.41) is 12.3. The number of sulfonamides is 1. The zero-order chi connectivity index (χ0) is 14.0. The molecule has 0 aliphatic carbocycles. The fraction of sp³-hybridized carbons (Fsp3) is 0.125. The molecule has 7 nitrogen and oxygen atoms in total. The molecule has 0 unspecified atom stereocenters. The molecule has 102 valence electrons. The first-order valence-electron chi connectivity index (χ1n) is 4.70. The molecule has 0 bridgehead atoms. The van der Waals surface area contributed by atoms with Crippen LogP contribution in [0.15, 0.2) is 21.2 Å². The van der Waals surface area contributed by atoms with Crippen molar-refractivity contribution in [3.8, 4) is 0 Å². The van der Waals surface area contributed by atoms with E-state index in [1.54, 1.807) is 10.9 Å². The third-order valence-corrected chi connectivity index (χ3v) is 5.88. The summed E-state index contributed by atoms with van der Waals surface area (Å²) in [4.78, 5) is 13.8. The number of rotatable bonds is 5. The number of nitrogens with zero attached hydrogens (tertiary/aromatic N) is 2. The number of thiazole rings is 1. The zero-order valence-corrected chi connectivity index (χ0v) is 12.3. The minimum atomic E-state index is -3.83. The van der Waals surface area contributed by atoms with Crippen LogP contribution in [-0.4, -0.2) is 18.3 Å². The first-order valence-corrected chi connectivity index (χ1v) is 8.32. The van der Waals surface area contributed by atoms with Crippen LogP contribution in [0.25, 0.3) is 0 Å². The zero-order valence-electron chi connectivity index (χ0n) is 9.07. The topological polar surface area (TPSA) is 102 Å². The second-order valence-electron chi connectivity index (χ2n) is 3.29. The Bertz CT molecular complexity index is 695. The highest BCUT2D eigenvalue weighted by Gasteiger charge is 2.25. The average molecular weight is 340 g/mol. The molecule has 0 amide bonds. The van der Waals surface area contributed by atoms with Gasteiger partial charge in [0.1, 0.15) is 4.21 Å². The fourth-order valence-electron chi connectivity index (χ4n) is 1.16. The highest BCUT2D eigenvalue weighted by atomic mass is 35.5. The summed E-state index contributed by atoms with van der Waals surface area (Å²) < 4.78 is 25.8. The van der Waals surface area contributed by atoms with Crippen LogP contribution in [0.5, 0.6) is 0 Å². The Morgan fingerprint density at radius 2 is 2.26 bits per heavy atom. The monoisotopic (exact) mass is 339 g/mol. The molecular weight excluding hydrogens is 334 g/mol. The van der Waals surface area contributed by atoms with Gasteiger partial charge in [-0.2, -0.15) is 0 Å². The van der Waals surface area contributed by atoms with Gasteiger partial charge in [0.25, 0.3) is 15.7 Å². The maximum Gasteiger partial charge on any atom is 0.300 e. The van der Waals surface area contributed by atoms with Crippen molar-refractivity contribution < 1.29 is 13.3 Å². The van der Waals surface area contributed by atoms with Crippen LogP contribution >= 0.6 is 34.3 Å². The quantitative estimate of drug-likeness (QED) is 0.664. The largest absolute Gasteiger partial charge is 0.300 e. The van der Waals surface area contributed by atoms with E-state index in [0.717, 1.165) is 6.07 Å². The molecule has 0 saturated carbocycles. The van der Waals surface area contributed by atoms with Crippen molar-refractivity contribution in [3.05, 3.63) is 37.1 Å². The van der Waals surface area contributed by atoms with Gasteiger partial charge >= 0.3 is 0 Å². The van der Waals surface area contributed by atoms with E-state index in [9.17, 15) is 18.5 Å². The molecule has 19 heavy (non-hydrogen) atoms. The normalized spacial score (nSPS) is 11.6. The lowest BCUT2D eigenvalue weighted by Crippen LogP contribution is -2.22. The van der Waals surface area contributed by atoms with Crippen LogP contribution in [0.4, 0.5) is 5.69 Å². The van der Waals surface area contributed by atoms with E-state index >= 15 is 0 Å². The molecule has 0 fully saturated rings. The second-order valence-corrected chi connectivity index (χ2v) is 7.65. The molecule has 0 aliphatic rings. The van der Waals surface area contributed by atoms with Crippen molar-refractivity contribution >= 4 is 50.0 Å². The Balaban J connectivity index is 2.20. The van der Waals surface area contributed by atoms with E-state index in [2.05, 4.69) is 9.71 Å². The van der Waals surface area contributed by atoms with Crippen LogP contribution in [-0.2, 0) is 16.6 Å². The molecule has 2 aromatic heterocycles. The smallest absolute Gasteiger partial charge is 0.258 e. The number of nitrogens with one attached hydrogen (secondary N) is 1. The van der Waals surface area contributed by atoms with Crippen LogP contribution < -0.4 is 4.72 Å². The first kappa shape index (κ1) is 14.3. The lowest BCUT2D eigenvalue weighted by Gasteiger charge is -2.01. The van der Waals surface area contributed by atoms with Gasteiger partial charge in [-0.1, -0.05) is 11.6 Å². The van der Waals surface area contributed by atoms with Gasteiger partial charge in [0.2, 0.25) is 0 Å². The maximum atomic E-state index is 11.9. The van der Waals surface area contributed by atoms with Gasteiger partial charge < -0.3 is 0 Å². The Kier molecular flexibility index (Phi) is 4.16. The SMILES string of the molecule is O=[N+]([O-])c1cc(S(=O)(=O)NCc2cscn2)sc1Cl. The van der Waals surface area contributed by atoms with Crippen molar-refractivity contribution in [2.45, 2.75) is 10.8 Å². The maximum absolute atomic E-state index is 11.9. The molecule has 2 aromatic rings. The summed E-state index contributed by atoms with van der Waals surface area (Å²) in [6.07, 6.45) is 0. The number of halogens is 1. The molecule has 1 N–H and O–H groups in total. The molecule has 11 heteroatoms. The lowest BCUT2D eigenvalue weighted by atomic mass is 10.5. The fourth-order valence-corrected chi connectivity index (χ4v) is 4.43. The van der Waals surface area contributed by atoms with E-state index in [1.807, 2.05) is 0 Å². The standard InChI is InChI=1S/C8H6ClN3O4S3/c9-8-6(12(13)14)1-7(18-8)19(15,16)11-2-5-3-17-4-10-5/h1,3-4,11H,2H2. The number of nitro groups is 1. The van der Waals surface area contributed by atoms with Gasteiger partial charge in [0.15, 0.2) is 4.34 Å². The second kappa shape index (κ2) is 5.51. The lowest BCUT2D eigenvalue weighted by molar-refractivity contribution is -0.384. The number of aromatic nitrogens is 1. The van der Waals surface area contributed by atoms with Gasteiger partial charge in [-0.15, -0.1) is 22.7 Å². The summed E-state index contributed by atoms with van der Waals surface area (Å²) in [6, 6.07) is 0.941. The summed E-state index contributed by atoms with van der Waals surface area (Å²) in [6.45, 7) is 0.0230. The molecule has 0 saturated heterocycles. The van der Waals surface area contributed by atoms with Gasteiger partial charge in [0, 0.05) is 11.4 Å². The summed E-state index contributed by atoms with van der Waals surface area (Å²) in [5.41, 5.74) is 1.74. The van der Waals surface area contributed by atoms with E-state index in [-0.39, 0.29) is 15.1 Å². The van der Waals surface area contributed by atoms with Crippen LogP contribution in [0.3, 0.4) is 0 Å². The predicted molar refractivity (Wildman–Crippen MR) is 72.1 cm³/mol. The van der Waals surface area contributed by atoms with Crippen LogP contribution in [0, 0.1) is 10.1 Å². The van der Waals surface area contributed by atoms with E-state index in [4.69, 9.17) is 11.6 Å². The minimum Gasteiger partial charge on any atom is -0.258 e. The Hall–Kier alpha value is -1.07. The third-order valence-electron chi connectivity index (χ3n) is 2.03. The third kappa shape index (κ3) is 3.28.